The number of nitrogens with one attached hydrogen (secondary N) is 3. The minimum absolute atomic E-state index is 0.0646. The van der Waals surface area contributed by atoms with Crippen LogP contribution in [0.5, 0.6) is 0 Å². The molecule has 152 valence electrons. The predicted molar refractivity (Wildman–Crippen MR) is 101 cm³/mol. The Kier molecular flexibility index (Phi) is 8.93. The number of nitrogens with zero attached hydrogens (tertiary/aromatic N) is 1. The molecule has 0 aromatic carbocycles. The van der Waals surface area contributed by atoms with Crippen molar-refractivity contribution in [2.24, 2.45) is 17.6 Å². The molecule has 1 heterocycles. The third-order valence-corrected chi connectivity index (χ3v) is 4.45. The highest BCUT2D eigenvalue weighted by Gasteiger charge is 2.31. The van der Waals surface area contributed by atoms with Crippen molar-refractivity contribution in [1.82, 2.24) is 20.6 Å². The van der Waals surface area contributed by atoms with Gasteiger partial charge in [-0.15, -0.1) is 0 Å². The van der Waals surface area contributed by atoms with Crippen LogP contribution in [0, 0.1) is 11.8 Å². The van der Waals surface area contributed by atoms with E-state index in [9.17, 15) is 19.5 Å². The van der Waals surface area contributed by atoms with Crippen molar-refractivity contribution in [2.75, 3.05) is 0 Å². The minimum atomic E-state index is -1.16. The molecule has 0 saturated heterocycles. The number of nitrogens with two attached hydrogens (primary N) is 1. The first-order chi connectivity index (χ1) is 12.6. The fourth-order valence-corrected chi connectivity index (χ4v) is 2.65. The van der Waals surface area contributed by atoms with Crippen LogP contribution in [0.2, 0.25) is 0 Å². The Bertz CT molecular complexity index is 617. The number of hydrogen-bond acceptors (Lipinski definition) is 5. The number of carbonyl (C=O) groups excluding carboxylic acids is 2. The Hall–Kier alpha value is -2.42. The second kappa shape index (κ2) is 10.7. The second-order valence-electron chi connectivity index (χ2n) is 7.29. The largest absolute Gasteiger partial charge is 0.480 e. The highest BCUT2D eigenvalue weighted by Crippen LogP contribution is 2.11. The Labute approximate surface area is 159 Å². The standard InChI is InChI=1S/C18H31N5O4/c1-5-11(4)15(23-16(24)13(19)6-10(2)3)17(25)22-14(18(26)27)7-12-8-20-9-21-12/h8-11,13-15H,5-7,19H2,1-4H3,(H,20,21)(H,22,25)(H,23,24)(H,26,27). The van der Waals surface area contributed by atoms with E-state index >= 15 is 0 Å². The van der Waals surface area contributed by atoms with E-state index < -0.39 is 35.9 Å². The molecule has 9 nitrogen and oxygen atoms in total. The molecule has 0 aliphatic rings. The van der Waals surface area contributed by atoms with Crippen LogP contribution in [-0.4, -0.2) is 51.0 Å². The molecule has 1 aromatic heterocycles. The van der Waals surface area contributed by atoms with Gasteiger partial charge >= 0.3 is 5.97 Å². The van der Waals surface area contributed by atoms with Gasteiger partial charge in [0.1, 0.15) is 12.1 Å². The van der Waals surface area contributed by atoms with Crippen molar-refractivity contribution in [2.45, 2.75) is 65.1 Å². The summed E-state index contributed by atoms with van der Waals surface area (Å²) in [6.45, 7) is 7.63. The fourth-order valence-electron chi connectivity index (χ4n) is 2.65. The van der Waals surface area contributed by atoms with Gasteiger partial charge in [-0.2, -0.15) is 0 Å². The number of aromatic nitrogens is 2. The van der Waals surface area contributed by atoms with E-state index in [4.69, 9.17) is 5.73 Å². The van der Waals surface area contributed by atoms with E-state index in [2.05, 4.69) is 20.6 Å². The number of rotatable bonds is 11. The lowest BCUT2D eigenvalue weighted by atomic mass is 9.96. The van der Waals surface area contributed by atoms with Crippen molar-refractivity contribution in [3.63, 3.8) is 0 Å². The summed E-state index contributed by atoms with van der Waals surface area (Å²) in [5.41, 5.74) is 6.49. The maximum absolute atomic E-state index is 12.7. The molecule has 0 radical (unpaired) electrons. The number of amides is 2. The van der Waals surface area contributed by atoms with Crippen LogP contribution in [-0.2, 0) is 20.8 Å². The number of aromatic amines is 1. The summed E-state index contributed by atoms with van der Waals surface area (Å²) in [6, 6.07) is -2.71. The first-order valence-electron chi connectivity index (χ1n) is 9.22. The molecule has 1 aromatic rings. The van der Waals surface area contributed by atoms with Gasteiger partial charge in [0.2, 0.25) is 11.8 Å². The Morgan fingerprint density at radius 2 is 1.89 bits per heavy atom. The normalized spacial score (nSPS) is 15.6. The molecule has 0 bridgehead atoms. The van der Waals surface area contributed by atoms with Crippen LogP contribution >= 0.6 is 0 Å². The maximum Gasteiger partial charge on any atom is 0.326 e. The number of aliphatic carboxylic acids is 1. The monoisotopic (exact) mass is 381 g/mol. The smallest absolute Gasteiger partial charge is 0.326 e. The van der Waals surface area contributed by atoms with E-state index in [1.54, 1.807) is 0 Å². The lowest BCUT2D eigenvalue weighted by molar-refractivity contribution is -0.142. The van der Waals surface area contributed by atoms with Gasteiger partial charge in [0.25, 0.3) is 0 Å². The lowest BCUT2D eigenvalue weighted by Crippen LogP contribution is -2.57. The summed E-state index contributed by atoms with van der Waals surface area (Å²) in [5, 5.41) is 14.6. The summed E-state index contributed by atoms with van der Waals surface area (Å²) in [6.07, 6.45) is 4.14. The summed E-state index contributed by atoms with van der Waals surface area (Å²) >= 11 is 0. The zero-order chi connectivity index (χ0) is 20.6. The number of carbonyl (C=O) groups is 3. The third kappa shape index (κ3) is 7.38. The first-order valence-corrected chi connectivity index (χ1v) is 9.22. The van der Waals surface area contributed by atoms with E-state index in [0.717, 1.165) is 0 Å². The van der Waals surface area contributed by atoms with Gasteiger partial charge in [-0.05, 0) is 18.3 Å². The average molecular weight is 381 g/mol. The zero-order valence-corrected chi connectivity index (χ0v) is 16.4. The first kappa shape index (κ1) is 22.6. The van der Waals surface area contributed by atoms with Gasteiger partial charge in [0, 0.05) is 18.3 Å². The maximum atomic E-state index is 12.7. The SMILES string of the molecule is CCC(C)C(NC(=O)C(N)CC(C)C)C(=O)NC(Cc1cnc[nH]1)C(=O)O. The van der Waals surface area contributed by atoms with Crippen LogP contribution in [0.1, 0.15) is 46.2 Å². The van der Waals surface area contributed by atoms with Gasteiger partial charge in [-0.1, -0.05) is 34.1 Å². The lowest BCUT2D eigenvalue weighted by Gasteiger charge is -2.27. The van der Waals surface area contributed by atoms with Crippen molar-refractivity contribution >= 4 is 17.8 Å². The third-order valence-electron chi connectivity index (χ3n) is 4.45. The molecule has 0 saturated carbocycles. The zero-order valence-electron chi connectivity index (χ0n) is 16.4. The molecule has 4 atom stereocenters. The topological polar surface area (TPSA) is 150 Å². The molecule has 0 fully saturated rings. The Morgan fingerprint density at radius 1 is 1.22 bits per heavy atom. The van der Waals surface area contributed by atoms with Crippen molar-refractivity contribution < 1.29 is 19.5 Å². The molecular weight excluding hydrogens is 350 g/mol. The van der Waals surface area contributed by atoms with Crippen LogP contribution < -0.4 is 16.4 Å². The van der Waals surface area contributed by atoms with Crippen LogP contribution in [0.4, 0.5) is 0 Å². The molecule has 2 amide bonds. The van der Waals surface area contributed by atoms with E-state index in [-0.39, 0.29) is 18.3 Å². The summed E-state index contributed by atoms with van der Waals surface area (Å²) < 4.78 is 0. The van der Waals surface area contributed by atoms with Gasteiger partial charge in [-0.3, -0.25) is 9.59 Å². The number of carboxylic acids is 1. The summed E-state index contributed by atoms with van der Waals surface area (Å²) in [7, 11) is 0. The van der Waals surface area contributed by atoms with E-state index in [1.807, 2.05) is 27.7 Å². The summed E-state index contributed by atoms with van der Waals surface area (Å²) in [4.78, 5) is 43.2. The Morgan fingerprint density at radius 3 is 2.37 bits per heavy atom. The molecular formula is C18H31N5O4. The van der Waals surface area contributed by atoms with Crippen molar-refractivity contribution in [1.29, 1.82) is 0 Å². The van der Waals surface area contributed by atoms with E-state index in [0.29, 0.717) is 18.5 Å². The molecule has 0 aliphatic heterocycles. The van der Waals surface area contributed by atoms with Crippen LogP contribution in [0.25, 0.3) is 0 Å². The highest BCUT2D eigenvalue weighted by molar-refractivity contribution is 5.92. The highest BCUT2D eigenvalue weighted by atomic mass is 16.4. The van der Waals surface area contributed by atoms with Crippen molar-refractivity contribution in [3.05, 3.63) is 18.2 Å². The second-order valence-corrected chi connectivity index (χ2v) is 7.29. The van der Waals surface area contributed by atoms with E-state index in [1.165, 1.54) is 12.5 Å². The minimum Gasteiger partial charge on any atom is -0.480 e. The number of H-pyrrole nitrogens is 1. The predicted octanol–water partition coefficient (Wildman–Crippen LogP) is 0.426. The van der Waals surface area contributed by atoms with Gasteiger partial charge in [0.05, 0.1) is 12.4 Å². The quantitative estimate of drug-likeness (QED) is 0.375. The number of imidazole rings is 1. The molecule has 1 rings (SSSR count). The fraction of sp³-hybridized carbons (Fsp3) is 0.667. The van der Waals surface area contributed by atoms with Gasteiger partial charge in [0.15, 0.2) is 0 Å². The summed E-state index contributed by atoms with van der Waals surface area (Å²) in [5.74, 6) is -2.05. The molecule has 0 spiro atoms. The van der Waals surface area contributed by atoms with Gasteiger partial charge in [-0.25, -0.2) is 9.78 Å². The average Bonchev–Trinajstić information content (AvgIpc) is 3.10. The Balaban J connectivity index is 2.83. The molecule has 0 aliphatic carbocycles. The molecule has 6 N–H and O–H groups in total. The molecule has 27 heavy (non-hydrogen) atoms. The molecule has 9 heteroatoms. The number of carboxylic acid groups (broad SMARTS) is 1. The van der Waals surface area contributed by atoms with Crippen LogP contribution in [0.3, 0.4) is 0 Å². The van der Waals surface area contributed by atoms with Crippen molar-refractivity contribution in [3.8, 4) is 0 Å². The van der Waals surface area contributed by atoms with Gasteiger partial charge < -0.3 is 26.5 Å². The number of hydrogen-bond donors (Lipinski definition) is 5. The van der Waals surface area contributed by atoms with Crippen LogP contribution in [0.15, 0.2) is 12.5 Å². The molecule has 4 unspecified atom stereocenters.